The van der Waals surface area contributed by atoms with E-state index in [1.54, 1.807) is 66.5 Å². The number of Topliss-reactive ketones (excluding diaryl/α,β-unsaturated/α-hetero) is 1. The van der Waals surface area contributed by atoms with Crippen LogP contribution in [0.5, 0.6) is 0 Å². The van der Waals surface area contributed by atoms with Crippen molar-refractivity contribution in [2.75, 3.05) is 86.5 Å². The van der Waals surface area contributed by atoms with Gasteiger partial charge in [0.15, 0.2) is 5.78 Å². The number of aromatic nitrogens is 5. The van der Waals surface area contributed by atoms with Gasteiger partial charge >= 0.3 is 0 Å². The van der Waals surface area contributed by atoms with E-state index in [4.69, 9.17) is 14.5 Å². The Balaban J connectivity index is 0.763. The fourth-order valence-corrected chi connectivity index (χ4v) is 7.99. The largest absolute Gasteiger partial charge is 0.379 e. The van der Waals surface area contributed by atoms with Gasteiger partial charge in [0.25, 0.3) is 11.5 Å². The fourth-order valence-electron chi connectivity index (χ4n) is 7.99. The van der Waals surface area contributed by atoms with E-state index >= 15 is 0 Å². The first-order valence-electron chi connectivity index (χ1n) is 21.7. The fraction of sp³-hybridized carbons (Fsp3) is 0.413. The number of hydrogen-bond acceptors (Lipinski definition) is 14. The van der Waals surface area contributed by atoms with E-state index in [0.29, 0.717) is 78.1 Å². The first-order chi connectivity index (χ1) is 31.0. The number of aryl methyl sites for hydroxylation is 2. The van der Waals surface area contributed by atoms with Crippen LogP contribution in [0.15, 0.2) is 71.9 Å². The Labute approximate surface area is 371 Å². The van der Waals surface area contributed by atoms with Crippen LogP contribution >= 0.6 is 0 Å². The average molecular weight is 874 g/mol. The lowest BCUT2D eigenvalue weighted by atomic mass is 10.0. The molecule has 7 rings (SSSR count). The van der Waals surface area contributed by atoms with Crippen LogP contribution in [0.3, 0.4) is 0 Å². The first-order valence-corrected chi connectivity index (χ1v) is 21.7. The molecule has 2 fully saturated rings. The van der Waals surface area contributed by atoms with Crippen LogP contribution in [-0.4, -0.2) is 119 Å². The highest BCUT2D eigenvalue weighted by Crippen LogP contribution is 2.32. The minimum absolute atomic E-state index is 0.00679. The Bertz CT molecular complexity index is 2500. The molecule has 5 heterocycles. The zero-order valence-corrected chi connectivity index (χ0v) is 36.5. The van der Waals surface area contributed by atoms with E-state index in [9.17, 15) is 24.0 Å². The van der Waals surface area contributed by atoms with Crippen LogP contribution in [-0.2, 0) is 19.1 Å². The molecule has 1 aliphatic heterocycles. The summed E-state index contributed by atoms with van der Waals surface area (Å²) in [7, 11) is 0. The molecule has 1 aromatic carbocycles. The van der Waals surface area contributed by atoms with E-state index in [0.717, 1.165) is 50.2 Å². The summed E-state index contributed by atoms with van der Waals surface area (Å²) < 4.78 is 12.8. The summed E-state index contributed by atoms with van der Waals surface area (Å²) in [5, 5.41) is 12.4. The third kappa shape index (κ3) is 11.7. The van der Waals surface area contributed by atoms with Gasteiger partial charge in [-0.15, -0.1) is 0 Å². The number of amides is 3. The quantitative estimate of drug-likeness (QED) is 0.0648. The highest BCUT2D eigenvalue weighted by atomic mass is 16.5. The van der Waals surface area contributed by atoms with Gasteiger partial charge in [-0.25, -0.2) is 9.97 Å². The number of ketones is 1. The van der Waals surface area contributed by atoms with Crippen LogP contribution < -0.4 is 31.7 Å². The molecule has 0 spiro atoms. The summed E-state index contributed by atoms with van der Waals surface area (Å²) in [4.78, 5) is 86.4. The lowest BCUT2D eigenvalue weighted by Gasteiger charge is -2.35. The van der Waals surface area contributed by atoms with Gasteiger partial charge in [0.2, 0.25) is 17.8 Å². The molecule has 0 bridgehead atoms. The topological polar surface area (TPSA) is 215 Å². The Morgan fingerprint density at radius 3 is 2.28 bits per heavy atom. The number of piperazine rings is 1. The summed E-state index contributed by atoms with van der Waals surface area (Å²) in [6, 6.07) is 14.2. The zero-order valence-electron chi connectivity index (χ0n) is 36.5. The Morgan fingerprint density at radius 1 is 0.797 bits per heavy atom. The summed E-state index contributed by atoms with van der Waals surface area (Å²) >= 11 is 0. The van der Waals surface area contributed by atoms with E-state index in [2.05, 4.69) is 46.0 Å². The number of ether oxygens (including phenoxy) is 2. The molecule has 18 nitrogen and oxygen atoms in total. The van der Waals surface area contributed by atoms with Gasteiger partial charge in [0.05, 0.1) is 80.0 Å². The summed E-state index contributed by atoms with van der Waals surface area (Å²) in [5.41, 5.74) is 4.12. The number of nitrogens with zero attached hydrogens (tertiary/aromatic N) is 7. The number of nitrogens with one attached hydrogen (secondary N) is 4. The number of carbonyl (C=O) groups excluding carboxylic acids is 4. The molecule has 0 radical (unpaired) electrons. The molecule has 1 saturated carbocycles. The van der Waals surface area contributed by atoms with E-state index in [1.165, 1.54) is 6.92 Å². The van der Waals surface area contributed by atoms with E-state index in [1.807, 2.05) is 19.1 Å². The highest BCUT2D eigenvalue weighted by Gasteiger charge is 2.26. The monoisotopic (exact) mass is 873 g/mol. The van der Waals surface area contributed by atoms with Crippen LogP contribution in [0.4, 0.5) is 28.8 Å². The Hall–Kier alpha value is -6.63. The van der Waals surface area contributed by atoms with Gasteiger partial charge < -0.3 is 35.6 Å². The van der Waals surface area contributed by atoms with E-state index in [-0.39, 0.29) is 66.8 Å². The van der Waals surface area contributed by atoms with Crippen molar-refractivity contribution in [3.8, 4) is 0 Å². The zero-order chi connectivity index (χ0) is 45.0. The van der Waals surface area contributed by atoms with Gasteiger partial charge in [0.1, 0.15) is 11.5 Å². The maximum absolute atomic E-state index is 13.6. The second-order valence-electron chi connectivity index (χ2n) is 16.0. The standard InChI is InChI=1S/C46H55N11O7/c1-30-12-13-33(26-48-30)51-44(61)36-10-6-7-11-38(36)52-40(59)16-22-63-24-25-64-23-17-47-41(60)29-55-18-20-56(21-19-55)35-14-15-39(49-27-35)53-46-50-28-37-31(2)42(32(3)58)45(62)57(43(37)54-46)34-8-4-5-9-34/h6-7,10-15,26-28,34H,4-5,8-9,16-25,29H2,1-3H3,(H,47,60)(H,51,61)(H,52,59)(H,49,50,53,54). The molecule has 1 saturated heterocycles. The minimum atomic E-state index is -0.357. The molecule has 3 amide bonds. The molecular weight excluding hydrogens is 819 g/mol. The van der Waals surface area contributed by atoms with Crippen LogP contribution in [0.2, 0.25) is 0 Å². The molecule has 0 atom stereocenters. The third-order valence-electron chi connectivity index (χ3n) is 11.4. The highest BCUT2D eigenvalue weighted by molar-refractivity contribution is 6.10. The normalized spacial score (nSPS) is 14.4. The second-order valence-corrected chi connectivity index (χ2v) is 16.0. The number of para-hydroxylation sites is 1. The van der Waals surface area contributed by atoms with Crippen LogP contribution in [0, 0.1) is 13.8 Å². The van der Waals surface area contributed by atoms with Crippen LogP contribution in [0.1, 0.15) is 77.0 Å². The predicted molar refractivity (Wildman–Crippen MR) is 243 cm³/mol. The molecule has 0 unspecified atom stereocenters. The lowest BCUT2D eigenvalue weighted by molar-refractivity contribution is -0.122. The summed E-state index contributed by atoms with van der Waals surface area (Å²) in [5.74, 6) is -0.1000. The number of pyridine rings is 3. The average Bonchev–Trinajstić information content (AvgIpc) is 3.82. The van der Waals surface area contributed by atoms with Crippen LogP contribution in [0.25, 0.3) is 11.0 Å². The molecule has 4 N–H and O–H groups in total. The maximum atomic E-state index is 13.6. The van der Waals surface area contributed by atoms with Crippen molar-refractivity contribution in [2.24, 2.45) is 0 Å². The smallest absolute Gasteiger partial charge is 0.263 e. The Morgan fingerprint density at radius 2 is 1.56 bits per heavy atom. The summed E-state index contributed by atoms with van der Waals surface area (Å²) in [6.07, 6.45) is 8.93. The second kappa shape index (κ2) is 21.6. The summed E-state index contributed by atoms with van der Waals surface area (Å²) in [6.45, 7) is 9.72. The number of anilines is 5. The van der Waals surface area contributed by atoms with Gasteiger partial charge in [0, 0.05) is 56.0 Å². The van der Waals surface area contributed by atoms with Gasteiger partial charge in [-0.2, -0.15) is 4.98 Å². The lowest BCUT2D eigenvalue weighted by Crippen LogP contribution is -2.49. The van der Waals surface area contributed by atoms with Crippen molar-refractivity contribution in [1.82, 2.24) is 34.7 Å². The third-order valence-corrected chi connectivity index (χ3v) is 11.4. The molecule has 4 aromatic heterocycles. The van der Waals surface area contributed by atoms with E-state index < -0.39 is 0 Å². The molecule has 1 aliphatic carbocycles. The number of rotatable bonds is 19. The number of carbonyl (C=O) groups is 4. The molecule has 5 aromatic rings. The van der Waals surface area contributed by atoms with Crippen molar-refractivity contribution < 1.29 is 28.7 Å². The molecule has 18 heteroatoms. The van der Waals surface area contributed by atoms with Gasteiger partial charge in [-0.05, 0) is 75.6 Å². The first kappa shape index (κ1) is 45.4. The number of benzene rings is 1. The molecular formula is C46H55N11O7. The van der Waals surface area contributed by atoms with Crippen molar-refractivity contribution in [1.29, 1.82) is 0 Å². The predicted octanol–water partition coefficient (Wildman–Crippen LogP) is 4.81. The molecule has 64 heavy (non-hydrogen) atoms. The van der Waals surface area contributed by atoms with Crippen molar-refractivity contribution >= 4 is 63.4 Å². The van der Waals surface area contributed by atoms with Crippen molar-refractivity contribution in [3.05, 3.63) is 99.9 Å². The molecule has 336 valence electrons. The van der Waals surface area contributed by atoms with Crippen molar-refractivity contribution in [2.45, 2.75) is 58.9 Å². The number of hydrogen-bond donors (Lipinski definition) is 4. The minimum Gasteiger partial charge on any atom is -0.379 e. The SMILES string of the molecule is CC(=O)c1c(C)c2cnc(Nc3ccc(N4CCN(CC(=O)NCCOCCOCCC(=O)Nc5ccccc5C(=O)Nc5ccc(C)nc5)CC4)cn3)nc2n(C2CCCC2)c1=O. The Kier molecular flexibility index (Phi) is 15.3. The van der Waals surface area contributed by atoms with Crippen molar-refractivity contribution in [3.63, 3.8) is 0 Å². The molecule has 2 aliphatic rings. The van der Waals surface area contributed by atoms with Gasteiger partial charge in [-0.1, -0.05) is 25.0 Å². The number of fused-ring (bicyclic) bond motifs is 1. The maximum Gasteiger partial charge on any atom is 0.263 e. The van der Waals surface area contributed by atoms with Gasteiger partial charge in [-0.3, -0.25) is 38.4 Å².